The molecule has 6 heteroatoms. The molecule has 0 saturated carbocycles. The monoisotopic (exact) mass is 397 g/mol. The van der Waals surface area contributed by atoms with Gasteiger partial charge in [-0.05, 0) is 49.7 Å². The molecule has 1 aromatic heterocycles. The lowest BCUT2D eigenvalue weighted by atomic mass is 10.1. The second-order valence-corrected chi connectivity index (χ2v) is 7.55. The number of aryl methyl sites for hydroxylation is 3. The molecule has 0 spiro atoms. The van der Waals surface area contributed by atoms with Gasteiger partial charge in [-0.2, -0.15) is 5.10 Å². The lowest BCUT2D eigenvalue weighted by Crippen LogP contribution is -2.33. The van der Waals surface area contributed by atoms with E-state index in [-0.39, 0.29) is 12.4 Å². The zero-order valence-corrected chi connectivity index (χ0v) is 17.4. The average Bonchev–Trinajstić information content (AvgIpc) is 3.04. The van der Waals surface area contributed by atoms with Gasteiger partial charge in [-0.3, -0.25) is 4.90 Å². The third-order valence-corrected chi connectivity index (χ3v) is 4.96. The van der Waals surface area contributed by atoms with Crippen molar-refractivity contribution >= 4 is 0 Å². The molecular weight excluding hydrogens is 369 g/mol. The number of nitrogens with zero attached hydrogens (tertiary/aromatic N) is 3. The van der Waals surface area contributed by atoms with Gasteiger partial charge in [0.2, 0.25) is 5.88 Å². The summed E-state index contributed by atoms with van der Waals surface area (Å²) >= 11 is 0. The molecule has 29 heavy (non-hydrogen) atoms. The van der Waals surface area contributed by atoms with Crippen molar-refractivity contribution < 1.29 is 14.2 Å². The molecule has 1 atom stereocenters. The first kappa shape index (κ1) is 21.0. The number of halogens is 1. The first-order valence-corrected chi connectivity index (χ1v) is 9.68. The van der Waals surface area contributed by atoms with Gasteiger partial charge in [-0.25, -0.2) is 9.07 Å². The maximum absolute atomic E-state index is 14.0. The highest BCUT2D eigenvalue weighted by molar-refractivity contribution is 5.60. The molecule has 3 aromatic rings. The van der Waals surface area contributed by atoms with Crippen LogP contribution in [0.4, 0.5) is 4.39 Å². The fourth-order valence-corrected chi connectivity index (χ4v) is 3.26. The Hall–Kier alpha value is -2.70. The number of benzene rings is 2. The molecule has 1 unspecified atom stereocenters. The van der Waals surface area contributed by atoms with Crippen LogP contribution in [0.3, 0.4) is 0 Å². The zero-order chi connectivity index (χ0) is 21.0. The van der Waals surface area contributed by atoms with Crippen molar-refractivity contribution in [2.24, 2.45) is 7.05 Å². The molecule has 0 amide bonds. The van der Waals surface area contributed by atoms with Crippen LogP contribution >= 0.6 is 0 Å². The summed E-state index contributed by atoms with van der Waals surface area (Å²) in [5.74, 6) is 0.157. The average molecular weight is 397 g/mol. The normalized spacial score (nSPS) is 12.4. The van der Waals surface area contributed by atoms with Crippen LogP contribution in [0.25, 0.3) is 11.3 Å². The van der Waals surface area contributed by atoms with Crippen molar-refractivity contribution in [1.29, 1.82) is 0 Å². The van der Waals surface area contributed by atoms with E-state index in [1.54, 1.807) is 36.0 Å². The number of hydrogen-bond acceptors (Lipinski definition) is 4. The van der Waals surface area contributed by atoms with Gasteiger partial charge >= 0.3 is 0 Å². The minimum Gasteiger partial charge on any atom is -0.475 e. The third kappa shape index (κ3) is 5.43. The molecule has 0 fully saturated rings. The Morgan fingerprint density at radius 3 is 2.62 bits per heavy atom. The van der Waals surface area contributed by atoms with Crippen molar-refractivity contribution in [3.05, 3.63) is 71.0 Å². The summed E-state index contributed by atoms with van der Waals surface area (Å²) in [6.07, 6.45) is -0.654. The van der Waals surface area contributed by atoms with E-state index >= 15 is 0 Å². The minimum absolute atomic E-state index is 0.132. The van der Waals surface area contributed by atoms with E-state index in [0.717, 1.165) is 6.54 Å². The molecule has 1 N–H and O–H groups in total. The number of rotatable bonds is 8. The Balaban J connectivity index is 1.54. The molecule has 3 rings (SSSR count). The van der Waals surface area contributed by atoms with E-state index in [0.29, 0.717) is 23.7 Å². The first-order chi connectivity index (χ1) is 13.8. The summed E-state index contributed by atoms with van der Waals surface area (Å²) in [5, 5.41) is 14.7. The summed E-state index contributed by atoms with van der Waals surface area (Å²) in [5.41, 5.74) is 4.68. The lowest BCUT2D eigenvalue weighted by Gasteiger charge is -2.21. The highest BCUT2D eigenvalue weighted by Crippen LogP contribution is 2.25. The van der Waals surface area contributed by atoms with Crippen LogP contribution in [0.1, 0.15) is 16.7 Å². The molecule has 0 aliphatic heterocycles. The van der Waals surface area contributed by atoms with Gasteiger partial charge in [-0.1, -0.05) is 30.3 Å². The van der Waals surface area contributed by atoms with E-state index in [1.165, 1.54) is 22.8 Å². The molecule has 0 radical (unpaired) electrons. The number of aromatic nitrogens is 2. The predicted molar refractivity (Wildman–Crippen MR) is 112 cm³/mol. The van der Waals surface area contributed by atoms with E-state index < -0.39 is 6.10 Å². The fourth-order valence-electron chi connectivity index (χ4n) is 3.26. The largest absolute Gasteiger partial charge is 0.475 e. The SMILES string of the molecule is Cc1ccc(CN(C)CC(O)COc2cc(-c3ccccc3F)nn2C)cc1C. The Morgan fingerprint density at radius 2 is 1.90 bits per heavy atom. The quantitative estimate of drug-likeness (QED) is 0.630. The molecule has 0 bridgehead atoms. The maximum atomic E-state index is 14.0. The Morgan fingerprint density at radius 1 is 1.14 bits per heavy atom. The molecule has 0 aliphatic rings. The predicted octanol–water partition coefficient (Wildman–Crippen LogP) is 3.71. The maximum Gasteiger partial charge on any atom is 0.212 e. The summed E-state index contributed by atoms with van der Waals surface area (Å²) in [7, 11) is 3.71. The molecule has 0 saturated heterocycles. The summed E-state index contributed by atoms with van der Waals surface area (Å²) in [6.45, 7) is 5.56. The van der Waals surface area contributed by atoms with Crippen LogP contribution in [0.15, 0.2) is 48.5 Å². The number of aliphatic hydroxyl groups excluding tert-OH is 1. The Labute approximate surface area is 171 Å². The summed E-state index contributed by atoms with van der Waals surface area (Å²) in [6, 6.07) is 14.6. The molecular formula is C23H28FN3O2. The van der Waals surface area contributed by atoms with Crippen molar-refractivity contribution in [1.82, 2.24) is 14.7 Å². The van der Waals surface area contributed by atoms with Crippen LogP contribution in [0, 0.1) is 19.7 Å². The van der Waals surface area contributed by atoms with Crippen LogP contribution in [-0.4, -0.2) is 46.1 Å². The number of aliphatic hydroxyl groups is 1. The van der Waals surface area contributed by atoms with Crippen molar-refractivity contribution in [3.63, 3.8) is 0 Å². The van der Waals surface area contributed by atoms with Crippen molar-refractivity contribution in [2.45, 2.75) is 26.5 Å². The van der Waals surface area contributed by atoms with Gasteiger partial charge in [0.05, 0.1) is 5.69 Å². The van der Waals surface area contributed by atoms with Gasteiger partial charge in [0, 0.05) is 31.8 Å². The summed E-state index contributed by atoms with van der Waals surface area (Å²) < 4.78 is 21.2. The van der Waals surface area contributed by atoms with Crippen LogP contribution < -0.4 is 4.74 Å². The van der Waals surface area contributed by atoms with Gasteiger partial charge in [0.1, 0.15) is 18.5 Å². The van der Waals surface area contributed by atoms with E-state index in [9.17, 15) is 9.50 Å². The van der Waals surface area contributed by atoms with E-state index in [1.807, 2.05) is 7.05 Å². The highest BCUT2D eigenvalue weighted by atomic mass is 19.1. The number of ether oxygens (including phenoxy) is 1. The highest BCUT2D eigenvalue weighted by Gasteiger charge is 2.14. The first-order valence-electron chi connectivity index (χ1n) is 9.68. The molecule has 2 aromatic carbocycles. The number of likely N-dealkylation sites (N-methyl/N-ethyl adjacent to an activating group) is 1. The third-order valence-electron chi connectivity index (χ3n) is 4.96. The number of hydrogen-bond donors (Lipinski definition) is 1. The van der Waals surface area contributed by atoms with Gasteiger partial charge in [0.15, 0.2) is 0 Å². The van der Waals surface area contributed by atoms with E-state index in [2.05, 4.69) is 42.0 Å². The van der Waals surface area contributed by atoms with E-state index in [4.69, 9.17) is 4.74 Å². The fraction of sp³-hybridized carbons (Fsp3) is 0.348. The Bertz CT molecular complexity index is 971. The topological polar surface area (TPSA) is 50.5 Å². The van der Waals surface area contributed by atoms with Gasteiger partial charge in [-0.15, -0.1) is 0 Å². The lowest BCUT2D eigenvalue weighted by molar-refractivity contribution is 0.0709. The molecule has 1 heterocycles. The van der Waals surface area contributed by atoms with Gasteiger partial charge in [0.25, 0.3) is 0 Å². The molecule has 5 nitrogen and oxygen atoms in total. The second-order valence-electron chi connectivity index (χ2n) is 7.55. The Kier molecular flexibility index (Phi) is 6.67. The second kappa shape index (κ2) is 9.20. The van der Waals surface area contributed by atoms with Crippen LogP contribution in [0.5, 0.6) is 5.88 Å². The smallest absolute Gasteiger partial charge is 0.212 e. The zero-order valence-electron chi connectivity index (χ0n) is 17.4. The van der Waals surface area contributed by atoms with Crippen LogP contribution in [0.2, 0.25) is 0 Å². The van der Waals surface area contributed by atoms with Crippen molar-refractivity contribution in [3.8, 4) is 17.1 Å². The van der Waals surface area contributed by atoms with Crippen molar-refractivity contribution in [2.75, 3.05) is 20.2 Å². The molecule has 154 valence electrons. The standard InChI is InChI=1S/C23H28FN3O2/c1-16-9-10-18(11-17(16)2)13-26(3)14-19(28)15-29-23-12-22(25-27(23)4)20-7-5-6-8-21(20)24/h5-12,19,28H,13-15H2,1-4H3. The summed E-state index contributed by atoms with van der Waals surface area (Å²) in [4.78, 5) is 2.06. The minimum atomic E-state index is -0.654. The van der Waals surface area contributed by atoms with Crippen LogP contribution in [-0.2, 0) is 13.6 Å². The molecule has 0 aliphatic carbocycles. The van der Waals surface area contributed by atoms with Gasteiger partial charge < -0.3 is 9.84 Å².